The lowest BCUT2D eigenvalue weighted by Gasteiger charge is -2.15. The lowest BCUT2D eigenvalue weighted by Crippen LogP contribution is -2.21. The van der Waals surface area contributed by atoms with Gasteiger partial charge < -0.3 is 14.4 Å². The second-order valence-corrected chi connectivity index (χ2v) is 17.5. The third-order valence-electron chi connectivity index (χ3n) is 6.61. The summed E-state index contributed by atoms with van der Waals surface area (Å²) in [5, 5.41) is 23.3. The predicted molar refractivity (Wildman–Crippen MR) is 165 cm³/mol. The molecule has 1 N–H and O–H groups in total. The number of ether oxygens (including phenoxy) is 1. The maximum Gasteiger partial charge on any atom is 0.177 e. The molecule has 0 saturated carbocycles. The summed E-state index contributed by atoms with van der Waals surface area (Å²) in [7, 11) is -1.19. The topological polar surface area (TPSA) is 83.4 Å². The van der Waals surface area contributed by atoms with Gasteiger partial charge in [-0.1, -0.05) is 110 Å². The maximum atomic E-state index is 11.5. The summed E-state index contributed by atoms with van der Waals surface area (Å²) in [5.41, 5.74) is 4.52. The molecule has 6 nitrogen and oxygen atoms in total. The molecule has 0 saturated heterocycles. The molecule has 0 radical (unpaired) electrons. The first-order valence-corrected chi connectivity index (χ1v) is 17.8. The molecule has 0 aliphatic carbocycles. The predicted octanol–water partition coefficient (Wildman–Crippen LogP) is 7.53. The second kappa shape index (κ2) is 12.1. The third-order valence-corrected chi connectivity index (χ3v) is 9.32. The molecule has 0 amide bonds. The molecule has 2 heterocycles. The Bertz CT molecular complexity index is 1620. The second-order valence-electron chi connectivity index (χ2n) is 10.8. The largest absolute Gasteiger partial charge is 0.381 e. The van der Waals surface area contributed by atoms with Crippen LogP contribution in [0.1, 0.15) is 33.5 Å². The van der Waals surface area contributed by atoms with Gasteiger partial charge in [-0.3, -0.25) is 0 Å². The van der Waals surface area contributed by atoms with Gasteiger partial charge in [0.1, 0.15) is 23.9 Å². The molecule has 5 aromatic rings. The van der Waals surface area contributed by atoms with E-state index in [0.717, 1.165) is 39.3 Å². The molecule has 2 aromatic heterocycles. The van der Waals surface area contributed by atoms with Gasteiger partial charge in [0, 0.05) is 43.0 Å². The number of thiazole rings is 1. The van der Waals surface area contributed by atoms with Crippen LogP contribution in [0.15, 0.2) is 96.1 Å². The highest BCUT2D eigenvalue weighted by Gasteiger charge is 2.23. The van der Waals surface area contributed by atoms with Gasteiger partial charge in [0.05, 0.1) is 11.2 Å². The molecule has 0 spiro atoms. The van der Waals surface area contributed by atoms with E-state index in [9.17, 15) is 10.4 Å². The number of hydrogen-bond donors (Lipinski definition) is 1. The van der Waals surface area contributed by atoms with Gasteiger partial charge in [0.2, 0.25) is 0 Å². The molecule has 202 valence electrons. The molecule has 0 aliphatic heterocycles. The van der Waals surface area contributed by atoms with Crippen LogP contribution in [-0.2, 0) is 11.5 Å². The fourth-order valence-electron chi connectivity index (χ4n) is 4.46. The van der Waals surface area contributed by atoms with Gasteiger partial charge in [-0.15, -0.1) is 0 Å². The van der Waals surface area contributed by atoms with E-state index in [2.05, 4.69) is 30.7 Å². The number of nitriles is 1. The van der Waals surface area contributed by atoms with Crippen LogP contribution in [-0.4, -0.2) is 35.1 Å². The molecular formula is C32H32N4O2SSi. The molecule has 1 atom stereocenters. The van der Waals surface area contributed by atoms with Crippen molar-refractivity contribution in [3.63, 3.8) is 0 Å². The minimum atomic E-state index is -1.19. The van der Waals surface area contributed by atoms with Crippen LogP contribution in [0.3, 0.4) is 0 Å². The van der Waals surface area contributed by atoms with Crippen molar-refractivity contribution in [2.75, 3.05) is 6.61 Å². The van der Waals surface area contributed by atoms with E-state index in [1.54, 1.807) is 0 Å². The summed E-state index contributed by atoms with van der Waals surface area (Å²) in [4.78, 5) is 9.45. The molecule has 3 aromatic carbocycles. The standard InChI is InChI=1S/C32H32N4O2SSi/c1-40(2,3)19-18-38-22-36-21-26(25-16-10-11-17-28(25)36)30(37)32-34-27(20-33)31(39-32)35-29(23-12-6-4-7-13-23)24-14-8-5-9-15-24/h4-17,21,30,37H,18-19,22H2,1-3H3. The Balaban J connectivity index is 1.49. The minimum Gasteiger partial charge on any atom is -0.381 e. The number of hydrogen-bond acceptors (Lipinski definition) is 6. The minimum absolute atomic E-state index is 0.196. The highest BCUT2D eigenvalue weighted by atomic mass is 32.1. The number of aliphatic hydroxyl groups excluding tert-OH is 1. The molecule has 0 bridgehead atoms. The van der Waals surface area contributed by atoms with Crippen molar-refractivity contribution in [2.45, 2.75) is 38.5 Å². The van der Waals surface area contributed by atoms with Gasteiger partial charge >= 0.3 is 0 Å². The van der Waals surface area contributed by atoms with Crippen molar-refractivity contribution in [3.8, 4) is 6.07 Å². The van der Waals surface area contributed by atoms with Gasteiger partial charge in [-0.2, -0.15) is 5.26 Å². The number of aliphatic hydroxyl groups is 1. The van der Waals surface area contributed by atoms with Crippen LogP contribution in [0.2, 0.25) is 25.7 Å². The molecular weight excluding hydrogens is 533 g/mol. The lowest BCUT2D eigenvalue weighted by molar-refractivity contribution is 0.0899. The number of nitrogens with zero attached hydrogens (tertiary/aromatic N) is 4. The molecule has 0 fully saturated rings. The summed E-state index contributed by atoms with van der Waals surface area (Å²) >= 11 is 1.24. The number of benzene rings is 3. The Kier molecular flexibility index (Phi) is 8.38. The molecule has 8 heteroatoms. The summed E-state index contributed by atoms with van der Waals surface area (Å²) in [6.07, 6.45) is 0.922. The highest BCUT2D eigenvalue weighted by Crippen LogP contribution is 2.37. The van der Waals surface area contributed by atoms with Crippen molar-refractivity contribution >= 4 is 41.0 Å². The summed E-state index contributed by atoms with van der Waals surface area (Å²) in [6, 6.07) is 31.0. The Hall–Kier alpha value is -3.87. The SMILES string of the molecule is C[Si](C)(C)CCOCn1cc(C(O)c2nc(C#N)c(N=C(c3ccccc3)c3ccccc3)s2)c2ccccc21. The fraction of sp³-hybridized carbons (Fsp3) is 0.219. The maximum absolute atomic E-state index is 11.5. The average molecular weight is 565 g/mol. The van der Waals surface area contributed by atoms with Crippen molar-refractivity contribution in [2.24, 2.45) is 4.99 Å². The van der Waals surface area contributed by atoms with Crippen LogP contribution in [0.4, 0.5) is 5.00 Å². The zero-order valence-electron chi connectivity index (χ0n) is 22.9. The first-order valence-electron chi connectivity index (χ1n) is 13.3. The van der Waals surface area contributed by atoms with Crippen LogP contribution >= 0.6 is 11.3 Å². The Morgan fingerprint density at radius 1 is 1.00 bits per heavy atom. The van der Waals surface area contributed by atoms with Gasteiger partial charge in [-0.25, -0.2) is 9.98 Å². The Morgan fingerprint density at radius 2 is 1.62 bits per heavy atom. The lowest BCUT2D eigenvalue weighted by atomic mass is 10.0. The zero-order chi connectivity index (χ0) is 28.1. The normalized spacial score (nSPS) is 12.3. The van der Waals surface area contributed by atoms with E-state index in [0.29, 0.717) is 23.3 Å². The van der Waals surface area contributed by atoms with Crippen molar-refractivity contribution in [1.29, 1.82) is 5.26 Å². The monoisotopic (exact) mass is 564 g/mol. The van der Waals surface area contributed by atoms with Gasteiger partial charge in [0.25, 0.3) is 0 Å². The third kappa shape index (κ3) is 6.30. The summed E-state index contributed by atoms with van der Waals surface area (Å²) < 4.78 is 8.04. The smallest absolute Gasteiger partial charge is 0.177 e. The number of para-hydroxylation sites is 1. The summed E-state index contributed by atoms with van der Waals surface area (Å²) in [5.74, 6) is 0. The quantitative estimate of drug-likeness (QED) is 0.108. The van der Waals surface area contributed by atoms with E-state index in [4.69, 9.17) is 9.73 Å². The first-order chi connectivity index (χ1) is 19.3. The Morgan fingerprint density at radius 3 is 2.25 bits per heavy atom. The van der Waals surface area contributed by atoms with E-state index in [1.165, 1.54) is 11.3 Å². The van der Waals surface area contributed by atoms with Crippen molar-refractivity contribution in [1.82, 2.24) is 9.55 Å². The molecule has 0 aliphatic rings. The number of rotatable bonds is 10. The number of aliphatic imine (C=N–C) groups is 1. The molecule has 1 unspecified atom stereocenters. The zero-order valence-corrected chi connectivity index (χ0v) is 24.7. The van der Waals surface area contributed by atoms with Crippen LogP contribution in [0.25, 0.3) is 10.9 Å². The van der Waals surface area contributed by atoms with E-state index in [-0.39, 0.29) is 5.69 Å². The number of aromatic nitrogens is 2. The summed E-state index contributed by atoms with van der Waals surface area (Å²) in [6.45, 7) is 8.12. The fourth-order valence-corrected chi connectivity index (χ4v) is 6.11. The van der Waals surface area contributed by atoms with Crippen LogP contribution in [0.5, 0.6) is 0 Å². The van der Waals surface area contributed by atoms with E-state index >= 15 is 0 Å². The van der Waals surface area contributed by atoms with E-state index in [1.807, 2.05) is 95.7 Å². The van der Waals surface area contributed by atoms with E-state index < -0.39 is 14.2 Å². The Labute approximate surface area is 239 Å². The van der Waals surface area contributed by atoms with Crippen LogP contribution < -0.4 is 0 Å². The van der Waals surface area contributed by atoms with Crippen molar-refractivity contribution < 1.29 is 9.84 Å². The molecule has 5 rings (SSSR count). The van der Waals surface area contributed by atoms with Crippen LogP contribution in [0, 0.1) is 11.3 Å². The first kappa shape index (κ1) is 27.7. The van der Waals surface area contributed by atoms with Gasteiger partial charge in [0.15, 0.2) is 10.7 Å². The van der Waals surface area contributed by atoms with Gasteiger partial charge in [-0.05, 0) is 12.1 Å². The molecule has 40 heavy (non-hydrogen) atoms. The highest BCUT2D eigenvalue weighted by molar-refractivity contribution is 7.15. The average Bonchev–Trinajstić information content (AvgIpc) is 3.55. The van der Waals surface area contributed by atoms with Crippen molar-refractivity contribution in [3.05, 3.63) is 119 Å². The number of fused-ring (bicyclic) bond motifs is 1.